The molecule has 0 atom stereocenters. The summed E-state index contributed by atoms with van der Waals surface area (Å²) < 4.78 is 7.17. The monoisotopic (exact) mass is 287 g/mol. The minimum Gasteiger partial charge on any atom is -0.497 e. The average Bonchev–Trinajstić information content (AvgIpc) is 2.75. The molecule has 0 spiro atoms. The van der Waals surface area contributed by atoms with Gasteiger partial charge in [0.2, 0.25) is 0 Å². The zero-order chi connectivity index (χ0) is 14.3. The third-order valence-electron chi connectivity index (χ3n) is 3.34. The third kappa shape index (κ3) is 1.98. The molecule has 0 bridgehead atoms. The van der Waals surface area contributed by atoms with Gasteiger partial charge < -0.3 is 15.0 Å². The van der Waals surface area contributed by atoms with Crippen molar-refractivity contribution in [3.8, 4) is 17.1 Å². The Hall–Kier alpha value is -2.20. The highest BCUT2D eigenvalue weighted by Gasteiger charge is 2.13. The van der Waals surface area contributed by atoms with E-state index in [1.165, 1.54) is 0 Å². The molecule has 4 nitrogen and oxygen atoms in total. The number of nitrogen functional groups attached to an aromatic ring is 1. The van der Waals surface area contributed by atoms with E-state index in [1.807, 2.05) is 41.9 Å². The Kier molecular flexibility index (Phi) is 3.03. The van der Waals surface area contributed by atoms with Crippen LogP contribution < -0.4 is 10.5 Å². The average molecular weight is 288 g/mol. The lowest BCUT2D eigenvalue weighted by Crippen LogP contribution is -1.97. The first kappa shape index (κ1) is 12.8. The number of aryl methyl sites for hydroxylation is 1. The Morgan fingerprint density at radius 3 is 2.70 bits per heavy atom. The van der Waals surface area contributed by atoms with Crippen molar-refractivity contribution in [2.24, 2.45) is 7.05 Å². The molecule has 102 valence electrons. The number of aromatic nitrogens is 2. The summed E-state index contributed by atoms with van der Waals surface area (Å²) in [6.45, 7) is 0. The van der Waals surface area contributed by atoms with Crippen molar-refractivity contribution in [3.63, 3.8) is 0 Å². The molecule has 0 saturated heterocycles. The predicted octanol–water partition coefficient (Wildman–Crippen LogP) is 3.48. The molecule has 0 saturated carbocycles. The number of anilines is 1. The molecule has 20 heavy (non-hydrogen) atoms. The molecule has 3 aromatic rings. The Morgan fingerprint density at radius 2 is 2.00 bits per heavy atom. The minimum absolute atomic E-state index is 0.633. The number of fused-ring (bicyclic) bond motifs is 1. The predicted molar refractivity (Wildman–Crippen MR) is 82.1 cm³/mol. The molecule has 0 fully saturated rings. The first-order valence-electron chi connectivity index (χ1n) is 6.16. The van der Waals surface area contributed by atoms with Crippen LogP contribution in [0.5, 0.6) is 5.75 Å². The maximum absolute atomic E-state index is 6.09. The SMILES string of the molecule is COc1ccc(-c2nc3cc(Cl)ccc3n2C)c(N)c1. The molecular weight excluding hydrogens is 274 g/mol. The smallest absolute Gasteiger partial charge is 0.142 e. The number of benzene rings is 2. The van der Waals surface area contributed by atoms with Crippen LogP contribution in [0.1, 0.15) is 0 Å². The minimum atomic E-state index is 0.633. The molecule has 1 aromatic heterocycles. The third-order valence-corrected chi connectivity index (χ3v) is 3.58. The molecule has 0 aliphatic heterocycles. The second-order valence-corrected chi connectivity index (χ2v) is 5.02. The molecule has 2 N–H and O–H groups in total. The van der Waals surface area contributed by atoms with E-state index < -0.39 is 0 Å². The van der Waals surface area contributed by atoms with Gasteiger partial charge in [-0.3, -0.25) is 0 Å². The van der Waals surface area contributed by atoms with Crippen molar-refractivity contribution >= 4 is 28.3 Å². The van der Waals surface area contributed by atoms with Gasteiger partial charge in [0.05, 0.1) is 18.1 Å². The van der Waals surface area contributed by atoms with Gasteiger partial charge in [0.15, 0.2) is 0 Å². The maximum Gasteiger partial charge on any atom is 0.142 e. The summed E-state index contributed by atoms with van der Waals surface area (Å²) in [7, 11) is 3.58. The summed E-state index contributed by atoms with van der Waals surface area (Å²) in [6.07, 6.45) is 0. The van der Waals surface area contributed by atoms with E-state index in [1.54, 1.807) is 13.2 Å². The number of ether oxygens (including phenoxy) is 1. The van der Waals surface area contributed by atoms with Gasteiger partial charge >= 0.3 is 0 Å². The lowest BCUT2D eigenvalue weighted by Gasteiger charge is -2.08. The highest BCUT2D eigenvalue weighted by Crippen LogP contribution is 2.31. The van der Waals surface area contributed by atoms with Gasteiger partial charge in [0, 0.05) is 29.4 Å². The number of rotatable bonds is 2. The molecule has 5 heteroatoms. The fourth-order valence-corrected chi connectivity index (χ4v) is 2.45. The van der Waals surface area contributed by atoms with Gasteiger partial charge in [-0.1, -0.05) is 11.6 Å². The molecule has 0 aliphatic carbocycles. The fourth-order valence-electron chi connectivity index (χ4n) is 2.29. The van der Waals surface area contributed by atoms with Crippen molar-refractivity contribution in [2.75, 3.05) is 12.8 Å². The molecule has 3 rings (SSSR count). The molecule has 0 amide bonds. The van der Waals surface area contributed by atoms with Crippen LogP contribution in [0, 0.1) is 0 Å². The van der Waals surface area contributed by atoms with E-state index >= 15 is 0 Å². The lowest BCUT2D eigenvalue weighted by molar-refractivity contribution is 0.415. The molecule has 0 radical (unpaired) electrons. The van der Waals surface area contributed by atoms with Gasteiger partial charge in [-0.15, -0.1) is 0 Å². The van der Waals surface area contributed by atoms with Crippen LogP contribution in [0.25, 0.3) is 22.4 Å². The van der Waals surface area contributed by atoms with E-state index in [2.05, 4.69) is 4.98 Å². The van der Waals surface area contributed by atoms with Gasteiger partial charge in [-0.2, -0.15) is 0 Å². The summed E-state index contributed by atoms with van der Waals surface area (Å²) in [5.41, 5.74) is 9.46. The summed E-state index contributed by atoms with van der Waals surface area (Å²) in [6, 6.07) is 11.2. The summed E-state index contributed by atoms with van der Waals surface area (Å²) in [4.78, 5) is 4.62. The van der Waals surface area contributed by atoms with Crippen LogP contribution in [0.15, 0.2) is 36.4 Å². The standard InChI is InChI=1S/C15H14ClN3O/c1-19-14-6-3-9(16)7-13(14)18-15(19)11-5-4-10(20-2)8-12(11)17/h3-8H,17H2,1-2H3. The zero-order valence-corrected chi connectivity index (χ0v) is 12.0. The van der Waals surface area contributed by atoms with E-state index in [9.17, 15) is 0 Å². The van der Waals surface area contributed by atoms with E-state index in [0.29, 0.717) is 10.7 Å². The van der Waals surface area contributed by atoms with Crippen LogP contribution >= 0.6 is 11.6 Å². The number of imidazole rings is 1. The van der Waals surface area contributed by atoms with Crippen LogP contribution in [-0.4, -0.2) is 16.7 Å². The van der Waals surface area contributed by atoms with Crippen molar-refractivity contribution in [3.05, 3.63) is 41.4 Å². The number of nitrogens with zero attached hydrogens (tertiary/aromatic N) is 2. The Balaban J connectivity index is 2.21. The second-order valence-electron chi connectivity index (χ2n) is 4.58. The van der Waals surface area contributed by atoms with Crippen LogP contribution in [0.3, 0.4) is 0 Å². The van der Waals surface area contributed by atoms with Crippen LogP contribution in [0.4, 0.5) is 5.69 Å². The van der Waals surface area contributed by atoms with Gasteiger partial charge in [0.1, 0.15) is 11.6 Å². The summed E-state index contributed by atoms with van der Waals surface area (Å²) in [5, 5.41) is 0.671. The van der Waals surface area contributed by atoms with E-state index in [-0.39, 0.29) is 0 Å². The van der Waals surface area contributed by atoms with Crippen molar-refractivity contribution in [1.29, 1.82) is 0 Å². The molecule has 0 aliphatic rings. The topological polar surface area (TPSA) is 53.1 Å². The van der Waals surface area contributed by atoms with Gasteiger partial charge in [-0.05, 0) is 30.3 Å². The highest BCUT2D eigenvalue weighted by atomic mass is 35.5. The Morgan fingerprint density at radius 1 is 1.20 bits per heavy atom. The summed E-state index contributed by atoms with van der Waals surface area (Å²) in [5.74, 6) is 1.54. The van der Waals surface area contributed by atoms with Crippen molar-refractivity contribution in [1.82, 2.24) is 9.55 Å². The zero-order valence-electron chi connectivity index (χ0n) is 11.2. The molecule has 1 heterocycles. The van der Waals surface area contributed by atoms with Crippen molar-refractivity contribution < 1.29 is 4.74 Å². The second kappa shape index (κ2) is 4.72. The number of methoxy groups -OCH3 is 1. The Bertz CT molecular complexity index is 795. The number of hydrogen-bond donors (Lipinski definition) is 1. The normalized spacial score (nSPS) is 10.9. The van der Waals surface area contributed by atoms with Crippen LogP contribution in [0.2, 0.25) is 5.02 Å². The first-order valence-corrected chi connectivity index (χ1v) is 6.54. The molecule has 0 unspecified atom stereocenters. The number of nitrogens with two attached hydrogens (primary N) is 1. The summed E-state index contributed by atoms with van der Waals surface area (Å²) >= 11 is 6.01. The maximum atomic E-state index is 6.09. The van der Waals surface area contributed by atoms with Crippen molar-refractivity contribution in [2.45, 2.75) is 0 Å². The number of hydrogen-bond acceptors (Lipinski definition) is 3. The molecular formula is C15H14ClN3O. The van der Waals surface area contributed by atoms with E-state index in [4.69, 9.17) is 22.1 Å². The van der Waals surface area contributed by atoms with Gasteiger partial charge in [0.25, 0.3) is 0 Å². The number of halogens is 1. The molecule has 2 aromatic carbocycles. The quantitative estimate of drug-likeness (QED) is 0.734. The highest BCUT2D eigenvalue weighted by molar-refractivity contribution is 6.31. The lowest BCUT2D eigenvalue weighted by atomic mass is 10.1. The van der Waals surface area contributed by atoms with Crippen LogP contribution in [-0.2, 0) is 7.05 Å². The Labute approximate surface area is 121 Å². The first-order chi connectivity index (χ1) is 9.60. The largest absolute Gasteiger partial charge is 0.497 e. The fraction of sp³-hybridized carbons (Fsp3) is 0.133. The van der Waals surface area contributed by atoms with Gasteiger partial charge in [-0.25, -0.2) is 4.98 Å². The van der Waals surface area contributed by atoms with E-state index in [0.717, 1.165) is 28.2 Å².